The van der Waals surface area contributed by atoms with Gasteiger partial charge in [-0.1, -0.05) is 35.9 Å². The molecule has 0 saturated carbocycles. The number of benzene rings is 2. The molecule has 6 heteroatoms. The maximum Gasteiger partial charge on any atom is 0.251 e. The number of carbonyl (C=O) groups is 1. The van der Waals surface area contributed by atoms with Gasteiger partial charge >= 0.3 is 0 Å². The van der Waals surface area contributed by atoms with E-state index in [1.807, 2.05) is 26.2 Å². The molecule has 0 radical (unpaired) electrons. The first-order valence-corrected chi connectivity index (χ1v) is 8.50. The van der Waals surface area contributed by atoms with E-state index >= 15 is 0 Å². The van der Waals surface area contributed by atoms with Gasteiger partial charge in [0.15, 0.2) is 11.5 Å². The van der Waals surface area contributed by atoms with Gasteiger partial charge in [0, 0.05) is 18.7 Å². The van der Waals surface area contributed by atoms with Crippen LogP contribution in [0.1, 0.15) is 21.5 Å². The van der Waals surface area contributed by atoms with Gasteiger partial charge in [-0.25, -0.2) is 0 Å². The molecule has 0 fully saturated rings. The average molecular weight is 361 g/mol. The fourth-order valence-electron chi connectivity index (χ4n) is 2.65. The third-order valence-electron chi connectivity index (χ3n) is 3.83. The first-order valence-electron chi connectivity index (χ1n) is 8.13. The minimum atomic E-state index is -0.198. The smallest absolute Gasteiger partial charge is 0.251 e. The molecule has 0 unspecified atom stereocenters. The SMILES string of the molecule is CN(C)Cc1ccc(CNC(=O)c2cc(Cl)c3c(c2)OCCO3)cc1. The zero-order valence-corrected chi connectivity index (χ0v) is 15.1. The van der Waals surface area contributed by atoms with E-state index < -0.39 is 0 Å². The maximum atomic E-state index is 12.4. The molecule has 0 saturated heterocycles. The second kappa shape index (κ2) is 7.76. The van der Waals surface area contributed by atoms with Crippen molar-refractivity contribution in [3.63, 3.8) is 0 Å². The van der Waals surface area contributed by atoms with Crippen molar-refractivity contribution in [2.45, 2.75) is 13.1 Å². The van der Waals surface area contributed by atoms with E-state index in [1.54, 1.807) is 12.1 Å². The van der Waals surface area contributed by atoms with E-state index in [9.17, 15) is 4.79 Å². The molecular weight excluding hydrogens is 340 g/mol. The van der Waals surface area contributed by atoms with Crippen molar-refractivity contribution in [3.8, 4) is 11.5 Å². The van der Waals surface area contributed by atoms with Crippen LogP contribution >= 0.6 is 11.6 Å². The highest BCUT2D eigenvalue weighted by atomic mass is 35.5. The summed E-state index contributed by atoms with van der Waals surface area (Å²) in [7, 11) is 4.07. The largest absolute Gasteiger partial charge is 0.486 e. The Bertz CT molecular complexity index is 760. The first-order chi connectivity index (χ1) is 12.0. The summed E-state index contributed by atoms with van der Waals surface area (Å²) in [5, 5.41) is 3.29. The summed E-state index contributed by atoms with van der Waals surface area (Å²) in [6, 6.07) is 11.5. The zero-order chi connectivity index (χ0) is 17.8. The van der Waals surface area contributed by atoms with Gasteiger partial charge < -0.3 is 19.7 Å². The second-order valence-electron chi connectivity index (χ2n) is 6.22. The number of rotatable bonds is 5. The fourth-order valence-corrected chi connectivity index (χ4v) is 2.92. The lowest BCUT2D eigenvalue weighted by Crippen LogP contribution is -2.23. The van der Waals surface area contributed by atoms with Gasteiger partial charge in [-0.05, 0) is 37.4 Å². The highest BCUT2D eigenvalue weighted by Crippen LogP contribution is 2.38. The molecule has 1 heterocycles. The van der Waals surface area contributed by atoms with Crippen LogP contribution in [-0.2, 0) is 13.1 Å². The Morgan fingerprint density at radius 1 is 1.12 bits per heavy atom. The predicted octanol–water partition coefficient (Wildman–Crippen LogP) is 3.10. The monoisotopic (exact) mass is 360 g/mol. The lowest BCUT2D eigenvalue weighted by Gasteiger charge is -2.20. The summed E-state index contributed by atoms with van der Waals surface area (Å²) in [4.78, 5) is 14.5. The van der Waals surface area contributed by atoms with Gasteiger partial charge in [-0.15, -0.1) is 0 Å². The number of halogens is 1. The number of hydrogen-bond donors (Lipinski definition) is 1. The summed E-state index contributed by atoms with van der Waals surface area (Å²) in [5.74, 6) is 0.814. The van der Waals surface area contributed by atoms with E-state index in [2.05, 4.69) is 22.3 Å². The molecule has 1 N–H and O–H groups in total. The Labute approximate surface area is 152 Å². The lowest BCUT2D eigenvalue weighted by molar-refractivity contribution is 0.0949. The molecule has 132 valence electrons. The highest BCUT2D eigenvalue weighted by molar-refractivity contribution is 6.32. The Kier molecular flexibility index (Phi) is 5.46. The molecule has 1 aliphatic rings. The topological polar surface area (TPSA) is 50.8 Å². The number of amides is 1. The number of ether oxygens (including phenoxy) is 2. The van der Waals surface area contributed by atoms with Crippen molar-refractivity contribution in [2.75, 3.05) is 27.3 Å². The molecule has 5 nitrogen and oxygen atoms in total. The van der Waals surface area contributed by atoms with Crippen molar-refractivity contribution in [1.29, 1.82) is 0 Å². The molecule has 0 spiro atoms. The Morgan fingerprint density at radius 2 is 1.80 bits per heavy atom. The van der Waals surface area contributed by atoms with Crippen LogP contribution in [0.15, 0.2) is 36.4 Å². The summed E-state index contributed by atoms with van der Waals surface area (Å²) >= 11 is 6.18. The van der Waals surface area contributed by atoms with Crippen molar-refractivity contribution in [3.05, 3.63) is 58.1 Å². The van der Waals surface area contributed by atoms with Crippen molar-refractivity contribution in [1.82, 2.24) is 10.2 Å². The van der Waals surface area contributed by atoms with E-state index in [0.717, 1.165) is 12.1 Å². The maximum absolute atomic E-state index is 12.4. The summed E-state index contributed by atoms with van der Waals surface area (Å²) in [5.41, 5.74) is 2.73. The molecule has 2 aromatic rings. The summed E-state index contributed by atoms with van der Waals surface area (Å²) in [6.07, 6.45) is 0. The van der Waals surface area contributed by atoms with E-state index in [-0.39, 0.29) is 5.91 Å². The van der Waals surface area contributed by atoms with E-state index in [4.69, 9.17) is 21.1 Å². The second-order valence-corrected chi connectivity index (χ2v) is 6.63. The van der Waals surface area contributed by atoms with Crippen LogP contribution in [0.25, 0.3) is 0 Å². The molecule has 3 rings (SSSR count). The zero-order valence-electron chi connectivity index (χ0n) is 14.3. The first kappa shape index (κ1) is 17.6. The molecule has 0 bridgehead atoms. The van der Waals surface area contributed by atoms with E-state index in [0.29, 0.717) is 41.8 Å². The van der Waals surface area contributed by atoms with Gasteiger partial charge in [0.2, 0.25) is 0 Å². The number of hydrogen-bond acceptors (Lipinski definition) is 4. The normalized spacial score (nSPS) is 13.0. The molecule has 0 atom stereocenters. The lowest BCUT2D eigenvalue weighted by atomic mass is 10.1. The van der Waals surface area contributed by atoms with Crippen LogP contribution in [0.4, 0.5) is 0 Å². The third kappa shape index (κ3) is 4.44. The molecule has 0 aromatic heterocycles. The van der Waals surface area contributed by atoms with E-state index in [1.165, 1.54) is 5.56 Å². The Morgan fingerprint density at radius 3 is 2.52 bits per heavy atom. The van der Waals surface area contributed by atoms with Gasteiger partial charge in [0.05, 0.1) is 5.02 Å². The molecular formula is C19H21ClN2O3. The number of nitrogens with zero attached hydrogens (tertiary/aromatic N) is 1. The summed E-state index contributed by atoms with van der Waals surface area (Å²) < 4.78 is 11.0. The van der Waals surface area contributed by atoms with Crippen LogP contribution in [0.3, 0.4) is 0 Å². The average Bonchev–Trinajstić information content (AvgIpc) is 2.60. The quantitative estimate of drug-likeness (QED) is 0.890. The predicted molar refractivity (Wildman–Crippen MR) is 97.4 cm³/mol. The minimum Gasteiger partial charge on any atom is -0.486 e. The third-order valence-corrected chi connectivity index (χ3v) is 4.11. The fraction of sp³-hybridized carbons (Fsp3) is 0.316. The molecule has 25 heavy (non-hydrogen) atoms. The van der Waals surface area contributed by atoms with Crippen molar-refractivity contribution >= 4 is 17.5 Å². The van der Waals surface area contributed by atoms with Crippen LogP contribution in [0.2, 0.25) is 5.02 Å². The molecule has 1 amide bonds. The number of carbonyl (C=O) groups excluding carboxylic acids is 1. The Balaban J connectivity index is 1.63. The van der Waals surface area contributed by atoms with Crippen molar-refractivity contribution < 1.29 is 14.3 Å². The molecule has 1 aliphatic heterocycles. The van der Waals surface area contributed by atoms with Crippen LogP contribution in [0, 0.1) is 0 Å². The number of nitrogens with one attached hydrogen (secondary N) is 1. The van der Waals surface area contributed by atoms with Gasteiger partial charge in [-0.3, -0.25) is 4.79 Å². The van der Waals surface area contributed by atoms with Crippen LogP contribution in [-0.4, -0.2) is 38.1 Å². The molecule has 0 aliphatic carbocycles. The van der Waals surface area contributed by atoms with Crippen molar-refractivity contribution in [2.24, 2.45) is 0 Å². The minimum absolute atomic E-state index is 0.198. The van der Waals surface area contributed by atoms with Crippen LogP contribution < -0.4 is 14.8 Å². The van der Waals surface area contributed by atoms with Gasteiger partial charge in [-0.2, -0.15) is 0 Å². The van der Waals surface area contributed by atoms with Gasteiger partial charge in [0.1, 0.15) is 13.2 Å². The van der Waals surface area contributed by atoms with Gasteiger partial charge in [0.25, 0.3) is 5.91 Å². The number of fused-ring (bicyclic) bond motifs is 1. The highest BCUT2D eigenvalue weighted by Gasteiger charge is 2.19. The molecule has 2 aromatic carbocycles. The standard InChI is InChI=1S/C19H21ClN2O3/c1-22(2)12-14-5-3-13(4-6-14)11-21-19(23)15-9-16(20)18-17(10-15)24-7-8-25-18/h3-6,9-10H,7-8,11-12H2,1-2H3,(H,21,23). The Hall–Kier alpha value is -2.24. The summed E-state index contributed by atoms with van der Waals surface area (Å²) in [6.45, 7) is 2.26. The van der Waals surface area contributed by atoms with Crippen LogP contribution in [0.5, 0.6) is 11.5 Å².